The zero-order chi connectivity index (χ0) is 24.6. The Morgan fingerprint density at radius 1 is 1.14 bits per heavy atom. The minimum atomic E-state index is -0.388. The third kappa shape index (κ3) is 5.81. The van der Waals surface area contributed by atoms with Crippen LogP contribution < -0.4 is 15.4 Å². The zero-order valence-electron chi connectivity index (χ0n) is 19.7. The third-order valence-electron chi connectivity index (χ3n) is 5.71. The molecule has 182 valence electrons. The number of aromatic amines is 2. The fourth-order valence-electron chi connectivity index (χ4n) is 3.85. The summed E-state index contributed by atoms with van der Waals surface area (Å²) < 4.78 is 5.53. The first-order chi connectivity index (χ1) is 17.1. The topological polar surface area (TPSA) is 151 Å². The molecule has 0 saturated carbocycles. The zero-order valence-corrected chi connectivity index (χ0v) is 19.7. The molecule has 11 nitrogen and oxygen atoms in total. The van der Waals surface area contributed by atoms with Crippen LogP contribution in [-0.2, 0) is 4.79 Å². The summed E-state index contributed by atoms with van der Waals surface area (Å²) in [6.07, 6.45) is 6.52. The van der Waals surface area contributed by atoms with Crippen molar-refractivity contribution in [3.8, 4) is 17.1 Å². The van der Waals surface area contributed by atoms with E-state index in [2.05, 4.69) is 40.8 Å². The van der Waals surface area contributed by atoms with E-state index in [-0.39, 0.29) is 23.7 Å². The Bertz CT molecular complexity index is 1290. The maximum Gasteiger partial charge on any atom is 0.289 e. The van der Waals surface area contributed by atoms with E-state index in [1.165, 1.54) is 6.33 Å². The number of carbonyl (C=O) groups excluding carboxylic acids is 2. The molecule has 3 heterocycles. The van der Waals surface area contributed by atoms with Gasteiger partial charge in [-0.05, 0) is 25.0 Å². The number of carbonyl (C=O) groups is 2. The molecule has 0 aliphatic rings. The van der Waals surface area contributed by atoms with E-state index < -0.39 is 0 Å². The Morgan fingerprint density at radius 2 is 2.00 bits per heavy atom. The van der Waals surface area contributed by atoms with Crippen LogP contribution in [0.4, 0.5) is 0 Å². The van der Waals surface area contributed by atoms with Crippen molar-refractivity contribution < 1.29 is 14.3 Å². The first-order valence-electron chi connectivity index (χ1n) is 11.4. The quantitative estimate of drug-likeness (QED) is 0.243. The Hall–Kier alpha value is -4.28. The number of H-pyrrole nitrogens is 2. The molecule has 0 bridgehead atoms. The van der Waals surface area contributed by atoms with Crippen LogP contribution in [0, 0.1) is 0 Å². The van der Waals surface area contributed by atoms with E-state index in [1.54, 1.807) is 20.4 Å². The number of imidazole rings is 1. The maximum atomic E-state index is 12.7. The molecule has 4 rings (SSSR count). The summed E-state index contributed by atoms with van der Waals surface area (Å²) in [5.74, 6) is 0.862. The SMILES string of the molecule is CNC(=O)CCCCCC(NC(=O)c1ncn[nH]1)c1ncc(-c2cc3ccccc3nc2OC)[nH]1. The van der Waals surface area contributed by atoms with Crippen LogP contribution in [0.1, 0.15) is 54.6 Å². The van der Waals surface area contributed by atoms with Crippen LogP contribution >= 0.6 is 0 Å². The summed E-state index contributed by atoms with van der Waals surface area (Å²) in [5, 5.41) is 12.9. The molecule has 1 unspecified atom stereocenters. The normalized spacial score (nSPS) is 11.8. The molecule has 0 aliphatic heterocycles. The number of methoxy groups -OCH3 is 1. The van der Waals surface area contributed by atoms with Crippen molar-refractivity contribution in [3.05, 3.63) is 54.5 Å². The minimum absolute atomic E-state index is 0.0220. The van der Waals surface area contributed by atoms with Crippen LogP contribution in [-0.4, -0.2) is 56.1 Å². The molecule has 0 radical (unpaired) electrons. The van der Waals surface area contributed by atoms with Gasteiger partial charge in [0.05, 0.1) is 36.1 Å². The van der Waals surface area contributed by atoms with Crippen molar-refractivity contribution in [1.82, 2.24) is 40.8 Å². The first kappa shape index (κ1) is 23.9. The Balaban J connectivity index is 1.54. The summed E-state index contributed by atoms with van der Waals surface area (Å²) in [4.78, 5) is 40.5. The van der Waals surface area contributed by atoms with Gasteiger partial charge in [-0.1, -0.05) is 31.0 Å². The fourth-order valence-corrected chi connectivity index (χ4v) is 3.85. The lowest BCUT2D eigenvalue weighted by Crippen LogP contribution is -2.30. The molecule has 11 heteroatoms. The smallest absolute Gasteiger partial charge is 0.289 e. The average molecular weight is 477 g/mol. The number of pyridine rings is 1. The van der Waals surface area contributed by atoms with Gasteiger partial charge in [0.25, 0.3) is 5.91 Å². The van der Waals surface area contributed by atoms with Crippen LogP contribution in [0.5, 0.6) is 5.88 Å². The lowest BCUT2D eigenvalue weighted by molar-refractivity contribution is -0.120. The second kappa shape index (κ2) is 11.2. The number of ether oxygens (including phenoxy) is 1. The summed E-state index contributed by atoms with van der Waals surface area (Å²) in [6.45, 7) is 0. The van der Waals surface area contributed by atoms with Gasteiger partial charge < -0.3 is 20.4 Å². The molecule has 0 saturated heterocycles. The lowest BCUT2D eigenvalue weighted by Gasteiger charge is -2.16. The number of hydrogen-bond acceptors (Lipinski definition) is 7. The summed E-state index contributed by atoms with van der Waals surface area (Å²) >= 11 is 0. The molecule has 2 amide bonds. The Labute approximate surface area is 202 Å². The number of para-hydroxylation sites is 1. The molecule has 35 heavy (non-hydrogen) atoms. The fraction of sp³-hybridized carbons (Fsp3) is 0.333. The van der Waals surface area contributed by atoms with Gasteiger partial charge in [-0.2, -0.15) is 5.10 Å². The molecule has 0 fully saturated rings. The number of unbranched alkanes of at least 4 members (excludes halogenated alkanes) is 2. The summed E-state index contributed by atoms with van der Waals surface area (Å²) in [6, 6.07) is 9.41. The molecule has 0 aliphatic carbocycles. The van der Waals surface area contributed by atoms with Crippen molar-refractivity contribution in [2.45, 2.75) is 38.1 Å². The van der Waals surface area contributed by atoms with Gasteiger partial charge in [0.1, 0.15) is 12.2 Å². The number of benzene rings is 1. The van der Waals surface area contributed by atoms with E-state index in [1.807, 2.05) is 30.3 Å². The highest BCUT2D eigenvalue weighted by atomic mass is 16.5. The number of hydrogen-bond donors (Lipinski definition) is 4. The van der Waals surface area contributed by atoms with E-state index in [0.29, 0.717) is 24.5 Å². The van der Waals surface area contributed by atoms with Crippen molar-refractivity contribution in [3.63, 3.8) is 0 Å². The Kier molecular flexibility index (Phi) is 7.66. The number of nitrogens with one attached hydrogen (secondary N) is 4. The largest absolute Gasteiger partial charge is 0.480 e. The minimum Gasteiger partial charge on any atom is -0.480 e. The Morgan fingerprint density at radius 3 is 2.77 bits per heavy atom. The van der Waals surface area contributed by atoms with Gasteiger partial charge in [0, 0.05) is 18.9 Å². The monoisotopic (exact) mass is 476 g/mol. The van der Waals surface area contributed by atoms with Crippen LogP contribution in [0.2, 0.25) is 0 Å². The molecular weight excluding hydrogens is 448 g/mol. The first-order valence-corrected chi connectivity index (χ1v) is 11.4. The van der Waals surface area contributed by atoms with E-state index >= 15 is 0 Å². The van der Waals surface area contributed by atoms with Gasteiger partial charge in [-0.3, -0.25) is 14.7 Å². The van der Waals surface area contributed by atoms with Gasteiger partial charge in [0.15, 0.2) is 0 Å². The van der Waals surface area contributed by atoms with Crippen molar-refractivity contribution >= 4 is 22.7 Å². The van der Waals surface area contributed by atoms with Crippen LogP contribution in [0.15, 0.2) is 42.9 Å². The van der Waals surface area contributed by atoms with Crippen LogP contribution in [0.3, 0.4) is 0 Å². The van der Waals surface area contributed by atoms with Gasteiger partial charge in [-0.15, -0.1) is 0 Å². The van der Waals surface area contributed by atoms with Crippen molar-refractivity contribution in [1.29, 1.82) is 0 Å². The van der Waals surface area contributed by atoms with E-state index in [4.69, 9.17) is 4.74 Å². The molecule has 1 atom stereocenters. The molecule has 4 N–H and O–H groups in total. The highest BCUT2D eigenvalue weighted by Crippen LogP contribution is 2.31. The average Bonchev–Trinajstić information content (AvgIpc) is 3.59. The predicted octanol–water partition coefficient (Wildman–Crippen LogP) is 2.92. The highest BCUT2D eigenvalue weighted by Gasteiger charge is 2.21. The van der Waals surface area contributed by atoms with Gasteiger partial charge >= 0.3 is 0 Å². The second-order valence-corrected chi connectivity index (χ2v) is 8.05. The van der Waals surface area contributed by atoms with Crippen molar-refractivity contribution in [2.75, 3.05) is 14.2 Å². The maximum absolute atomic E-state index is 12.7. The number of rotatable bonds is 11. The lowest BCUT2D eigenvalue weighted by atomic mass is 10.1. The molecule has 3 aromatic heterocycles. The number of aromatic nitrogens is 6. The van der Waals surface area contributed by atoms with Gasteiger partial charge in [0.2, 0.25) is 17.6 Å². The molecule has 1 aromatic carbocycles. The second-order valence-electron chi connectivity index (χ2n) is 8.05. The molecular formula is C24H28N8O3. The standard InChI is InChI=1S/C24H28N8O3/c1-25-20(33)11-5-3-4-10-18(30-23(34)22-27-14-28-32-22)21-26-13-19(29-21)16-12-15-8-6-7-9-17(15)31-24(16)35-2/h6-9,12-14,18H,3-5,10-11H2,1-2H3,(H,25,33)(H,26,29)(H,30,34)(H,27,28,32). The number of amides is 2. The summed E-state index contributed by atoms with van der Waals surface area (Å²) in [5.41, 5.74) is 2.34. The number of fused-ring (bicyclic) bond motifs is 1. The van der Waals surface area contributed by atoms with Crippen LogP contribution in [0.25, 0.3) is 22.2 Å². The highest BCUT2D eigenvalue weighted by molar-refractivity contribution is 5.90. The van der Waals surface area contributed by atoms with E-state index in [0.717, 1.165) is 41.4 Å². The predicted molar refractivity (Wildman–Crippen MR) is 130 cm³/mol. The van der Waals surface area contributed by atoms with Crippen molar-refractivity contribution in [2.24, 2.45) is 0 Å². The number of nitrogens with zero attached hydrogens (tertiary/aromatic N) is 4. The van der Waals surface area contributed by atoms with E-state index in [9.17, 15) is 9.59 Å². The van der Waals surface area contributed by atoms with Gasteiger partial charge in [-0.25, -0.2) is 15.0 Å². The summed E-state index contributed by atoms with van der Waals surface area (Å²) in [7, 11) is 3.21. The molecule has 0 spiro atoms. The molecule has 4 aromatic rings. The third-order valence-corrected chi connectivity index (χ3v) is 5.71.